The first-order valence-electron chi connectivity index (χ1n) is 7.51. The molecule has 0 heterocycles. The zero-order valence-electron chi connectivity index (χ0n) is 12.8. The molecule has 0 amide bonds. The maximum Gasteiger partial charge on any atom is 0.416 e. The van der Waals surface area contributed by atoms with Crippen LogP contribution in [0, 0.1) is 0 Å². The molecule has 2 aromatic carbocycles. The Morgan fingerprint density at radius 3 is 2.26 bits per heavy atom. The molecular weight excluding hydrogens is 303 g/mol. The molecule has 2 N–H and O–H groups in total. The van der Waals surface area contributed by atoms with Crippen LogP contribution in [0.5, 0.6) is 0 Å². The largest absolute Gasteiger partial charge is 0.416 e. The van der Waals surface area contributed by atoms with E-state index in [2.05, 4.69) is 5.32 Å². The van der Waals surface area contributed by atoms with Crippen molar-refractivity contribution in [1.82, 2.24) is 5.32 Å². The average molecular weight is 323 g/mol. The lowest BCUT2D eigenvalue weighted by Crippen LogP contribution is -2.25. The van der Waals surface area contributed by atoms with Crippen LogP contribution in [0.2, 0.25) is 0 Å². The molecular formula is C18H20F3NO. The molecule has 0 aliphatic carbocycles. The van der Waals surface area contributed by atoms with E-state index < -0.39 is 11.7 Å². The van der Waals surface area contributed by atoms with E-state index in [-0.39, 0.29) is 18.7 Å². The Bertz CT molecular complexity index is 613. The van der Waals surface area contributed by atoms with Crippen LogP contribution in [0.1, 0.15) is 42.1 Å². The minimum Gasteiger partial charge on any atom is -0.396 e. The minimum absolute atomic E-state index is 0.00186. The Hall–Kier alpha value is -1.85. The highest BCUT2D eigenvalue weighted by atomic mass is 19.4. The van der Waals surface area contributed by atoms with Gasteiger partial charge in [-0.3, -0.25) is 0 Å². The Balaban J connectivity index is 2.17. The summed E-state index contributed by atoms with van der Waals surface area (Å²) < 4.78 is 38.5. The molecule has 2 atom stereocenters. The molecule has 23 heavy (non-hydrogen) atoms. The molecule has 0 saturated heterocycles. The number of alkyl halides is 3. The molecule has 2 aromatic rings. The van der Waals surface area contributed by atoms with Crippen LogP contribution < -0.4 is 5.32 Å². The van der Waals surface area contributed by atoms with Crippen molar-refractivity contribution in [3.8, 4) is 0 Å². The molecule has 2 rings (SSSR count). The van der Waals surface area contributed by atoms with Crippen LogP contribution in [0.25, 0.3) is 0 Å². The van der Waals surface area contributed by atoms with Crippen molar-refractivity contribution in [2.24, 2.45) is 0 Å². The summed E-state index contributed by atoms with van der Waals surface area (Å²) in [6, 6.07) is 14.5. The van der Waals surface area contributed by atoms with Gasteiger partial charge in [0.25, 0.3) is 0 Å². The van der Waals surface area contributed by atoms with E-state index >= 15 is 0 Å². The van der Waals surface area contributed by atoms with Crippen molar-refractivity contribution in [3.63, 3.8) is 0 Å². The molecule has 1 unspecified atom stereocenters. The predicted molar refractivity (Wildman–Crippen MR) is 83.9 cm³/mol. The van der Waals surface area contributed by atoms with Crippen molar-refractivity contribution in [2.45, 2.75) is 31.6 Å². The molecule has 0 fully saturated rings. The Labute approximate surface area is 134 Å². The second kappa shape index (κ2) is 7.62. The van der Waals surface area contributed by atoms with Crippen LogP contribution in [0.3, 0.4) is 0 Å². The fourth-order valence-electron chi connectivity index (χ4n) is 2.54. The van der Waals surface area contributed by atoms with Gasteiger partial charge in [0.15, 0.2) is 0 Å². The maximum absolute atomic E-state index is 12.8. The molecule has 2 nitrogen and oxygen atoms in total. The first-order valence-corrected chi connectivity index (χ1v) is 7.51. The van der Waals surface area contributed by atoms with Crippen LogP contribution in [0.4, 0.5) is 13.2 Å². The van der Waals surface area contributed by atoms with Gasteiger partial charge in [-0.25, -0.2) is 0 Å². The average Bonchev–Trinajstić information content (AvgIpc) is 2.54. The molecule has 0 bridgehead atoms. The SMILES string of the molecule is CC(N[C@H](CCO)c1ccccc1)c1cccc(C(F)(F)F)c1. The lowest BCUT2D eigenvalue weighted by atomic mass is 10.00. The van der Waals surface area contributed by atoms with Crippen LogP contribution in [-0.2, 0) is 6.18 Å². The summed E-state index contributed by atoms with van der Waals surface area (Å²) in [6.45, 7) is 1.82. The van der Waals surface area contributed by atoms with Gasteiger partial charge in [-0.2, -0.15) is 13.2 Å². The number of aliphatic hydroxyl groups excluding tert-OH is 1. The number of hydrogen-bond donors (Lipinski definition) is 2. The van der Waals surface area contributed by atoms with Crippen molar-refractivity contribution < 1.29 is 18.3 Å². The zero-order valence-corrected chi connectivity index (χ0v) is 12.8. The van der Waals surface area contributed by atoms with Gasteiger partial charge in [-0.1, -0.05) is 42.5 Å². The third-order valence-corrected chi connectivity index (χ3v) is 3.78. The summed E-state index contributed by atoms with van der Waals surface area (Å²) in [7, 11) is 0. The summed E-state index contributed by atoms with van der Waals surface area (Å²) in [5.74, 6) is 0. The molecule has 0 aromatic heterocycles. The van der Waals surface area contributed by atoms with Gasteiger partial charge in [0.05, 0.1) is 5.56 Å². The Morgan fingerprint density at radius 1 is 1.00 bits per heavy atom. The lowest BCUT2D eigenvalue weighted by Gasteiger charge is -2.24. The highest BCUT2D eigenvalue weighted by Gasteiger charge is 2.30. The summed E-state index contributed by atoms with van der Waals surface area (Å²) in [5, 5.41) is 12.5. The van der Waals surface area contributed by atoms with Gasteiger partial charge in [0.1, 0.15) is 0 Å². The molecule has 0 spiro atoms. The first kappa shape index (κ1) is 17.5. The standard InChI is InChI=1S/C18H20F3NO/c1-13(15-8-5-9-16(12-15)18(19,20)21)22-17(10-11-23)14-6-3-2-4-7-14/h2-9,12-13,17,22-23H,10-11H2,1H3/t13?,17-/m1/s1. The Morgan fingerprint density at radius 2 is 1.65 bits per heavy atom. The normalized spacial score (nSPS) is 14.5. The van der Waals surface area contributed by atoms with Crippen molar-refractivity contribution >= 4 is 0 Å². The van der Waals surface area contributed by atoms with E-state index in [1.807, 2.05) is 37.3 Å². The van der Waals surface area contributed by atoms with E-state index in [1.54, 1.807) is 6.07 Å². The third-order valence-electron chi connectivity index (χ3n) is 3.78. The first-order chi connectivity index (χ1) is 10.9. The predicted octanol–water partition coefficient (Wildman–Crippen LogP) is 4.48. The molecule has 0 aliphatic rings. The second-order valence-electron chi connectivity index (χ2n) is 5.49. The van der Waals surface area contributed by atoms with Crippen molar-refractivity contribution in [3.05, 3.63) is 71.3 Å². The van der Waals surface area contributed by atoms with Gasteiger partial charge in [-0.15, -0.1) is 0 Å². The Kier molecular flexibility index (Phi) is 5.80. The number of rotatable bonds is 6. The molecule has 0 radical (unpaired) electrons. The molecule has 0 saturated carbocycles. The summed E-state index contributed by atoms with van der Waals surface area (Å²) in [5.41, 5.74) is 0.918. The molecule has 5 heteroatoms. The van der Waals surface area contributed by atoms with Crippen LogP contribution in [0.15, 0.2) is 54.6 Å². The quantitative estimate of drug-likeness (QED) is 0.821. The topological polar surface area (TPSA) is 32.3 Å². The fraction of sp³-hybridized carbons (Fsp3) is 0.333. The molecule has 124 valence electrons. The van der Waals surface area contributed by atoms with Gasteiger partial charge in [0.2, 0.25) is 0 Å². The van der Waals surface area contributed by atoms with E-state index in [1.165, 1.54) is 12.1 Å². The smallest absolute Gasteiger partial charge is 0.396 e. The van der Waals surface area contributed by atoms with E-state index in [0.717, 1.165) is 11.6 Å². The van der Waals surface area contributed by atoms with Crippen molar-refractivity contribution in [1.29, 1.82) is 0 Å². The zero-order chi connectivity index (χ0) is 16.9. The van der Waals surface area contributed by atoms with Gasteiger partial charge < -0.3 is 10.4 Å². The van der Waals surface area contributed by atoms with Crippen LogP contribution in [-0.4, -0.2) is 11.7 Å². The van der Waals surface area contributed by atoms with E-state index in [9.17, 15) is 18.3 Å². The number of benzene rings is 2. The monoisotopic (exact) mass is 323 g/mol. The lowest BCUT2D eigenvalue weighted by molar-refractivity contribution is -0.137. The highest BCUT2D eigenvalue weighted by molar-refractivity contribution is 5.28. The van der Waals surface area contributed by atoms with E-state index in [4.69, 9.17) is 0 Å². The fourth-order valence-corrected chi connectivity index (χ4v) is 2.54. The number of aliphatic hydroxyl groups is 1. The minimum atomic E-state index is -4.35. The van der Waals surface area contributed by atoms with Crippen LogP contribution >= 0.6 is 0 Å². The van der Waals surface area contributed by atoms with Gasteiger partial charge in [-0.05, 0) is 36.6 Å². The highest BCUT2D eigenvalue weighted by Crippen LogP contribution is 2.31. The maximum atomic E-state index is 12.8. The summed E-state index contributed by atoms with van der Waals surface area (Å²) in [4.78, 5) is 0. The number of hydrogen-bond acceptors (Lipinski definition) is 2. The number of nitrogens with one attached hydrogen (secondary N) is 1. The van der Waals surface area contributed by atoms with Gasteiger partial charge >= 0.3 is 6.18 Å². The summed E-state index contributed by atoms with van der Waals surface area (Å²) >= 11 is 0. The molecule has 0 aliphatic heterocycles. The summed E-state index contributed by atoms with van der Waals surface area (Å²) in [6.07, 6.45) is -3.85. The van der Waals surface area contributed by atoms with Crippen molar-refractivity contribution in [2.75, 3.05) is 6.61 Å². The third kappa shape index (κ3) is 4.81. The number of halogens is 3. The second-order valence-corrected chi connectivity index (χ2v) is 5.49. The van der Waals surface area contributed by atoms with E-state index in [0.29, 0.717) is 12.0 Å². The van der Waals surface area contributed by atoms with Gasteiger partial charge in [0, 0.05) is 18.7 Å².